The molecule has 1 aliphatic rings. The Bertz CT molecular complexity index is 442. The van der Waals surface area contributed by atoms with Crippen LogP contribution in [0.2, 0.25) is 0 Å². The molecular formula is C15H22N2O. The molecule has 1 atom stereocenters. The summed E-state index contributed by atoms with van der Waals surface area (Å²) in [4.78, 5) is 14.3. The minimum absolute atomic E-state index is 0.243. The van der Waals surface area contributed by atoms with Gasteiger partial charge in [0.2, 0.25) is 5.91 Å². The first-order chi connectivity index (χ1) is 8.58. The summed E-state index contributed by atoms with van der Waals surface area (Å²) in [6, 6.07) is 6.59. The van der Waals surface area contributed by atoms with Crippen LogP contribution in [0.3, 0.4) is 0 Å². The Labute approximate surface area is 109 Å². The van der Waals surface area contributed by atoms with Crippen molar-refractivity contribution in [2.24, 2.45) is 0 Å². The van der Waals surface area contributed by atoms with Gasteiger partial charge in [-0.3, -0.25) is 4.79 Å². The number of carbonyl (C=O) groups excluding carboxylic acids is 1. The maximum atomic E-state index is 12.3. The van der Waals surface area contributed by atoms with Crippen LogP contribution in [0.25, 0.3) is 0 Å². The van der Waals surface area contributed by atoms with E-state index >= 15 is 0 Å². The van der Waals surface area contributed by atoms with Gasteiger partial charge >= 0.3 is 0 Å². The number of aryl methyl sites for hydroxylation is 2. The molecule has 0 radical (unpaired) electrons. The van der Waals surface area contributed by atoms with Gasteiger partial charge in [0.1, 0.15) is 0 Å². The van der Waals surface area contributed by atoms with Crippen LogP contribution in [0.1, 0.15) is 23.6 Å². The van der Waals surface area contributed by atoms with E-state index in [4.69, 9.17) is 0 Å². The van der Waals surface area contributed by atoms with Gasteiger partial charge in [-0.1, -0.05) is 18.2 Å². The Kier molecular flexibility index (Phi) is 4.02. The second-order valence-electron chi connectivity index (χ2n) is 5.24. The first-order valence-electron chi connectivity index (χ1n) is 6.64. The van der Waals surface area contributed by atoms with Crippen LogP contribution < -0.4 is 5.32 Å². The average molecular weight is 246 g/mol. The normalized spacial score (nSPS) is 19.9. The largest absolute Gasteiger partial charge is 0.337 e. The van der Waals surface area contributed by atoms with Gasteiger partial charge in [-0.25, -0.2) is 0 Å². The van der Waals surface area contributed by atoms with Crippen molar-refractivity contribution in [3.8, 4) is 0 Å². The maximum Gasteiger partial charge on any atom is 0.227 e. The average Bonchev–Trinajstić information content (AvgIpc) is 2.34. The standard InChI is InChI=1S/C15H22N2O/c1-11-4-5-14(8-12(11)2)9-15(18)17-7-6-16-10-13(17)3/h4-5,8,13,16H,6-7,9-10H2,1-3H3. The Morgan fingerprint density at radius 2 is 2.17 bits per heavy atom. The summed E-state index contributed by atoms with van der Waals surface area (Å²) < 4.78 is 0. The molecule has 1 amide bonds. The van der Waals surface area contributed by atoms with Crippen LogP contribution in [-0.4, -0.2) is 36.5 Å². The first-order valence-corrected chi connectivity index (χ1v) is 6.64. The molecular weight excluding hydrogens is 224 g/mol. The van der Waals surface area contributed by atoms with E-state index in [0.29, 0.717) is 12.5 Å². The zero-order valence-electron chi connectivity index (χ0n) is 11.5. The van der Waals surface area contributed by atoms with E-state index in [2.05, 4.69) is 44.3 Å². The molecule has 1 unspecified atom stereocenters. The van der Waals surface area contributed by atoms with Crippen molar-refractivity contribution in [2.45, 2.75) is 33.2 Å². The molecule has 2 rings (SSSR count). The van der Waals surface area contributed by atoms with Crippen molar-refractivity contribution in [3.63, 3.8) is 0 Å². The summed E-state index contributed by atoms with van der Waals surface area (Å²) in [5, 5.41) is 3.31. The van der Waals surface area contributed by atoms with Crippen LogP contribution in [0.5, 0.6) is 0 Å². The molecule has 1 aliphatic heterocycles. The smallest absolute Gasteiger partial charge is 0.227 e. The van der Waals surface area contributed by atoms with E-state index in [0.717, 1.165) is 25.2 Å². The molecule has 98 valence electrons. The number of amides is 1. The van der Waals surface area contributed by atoms with Gasteiger partial charge in [0, 0.05) is 25.7 Å². The third kappa shape index (κ3) is 2.91. The lowest BCUT2D eigenvalue weighted by Crippen LogP contribution is -2.52. The number of hydrogen-bond acceptors (Lipinski definition) is 2. The lowest BCUT2D eigenvalue weighted by Gasteiger charge is -2.34. The topological polar surface area (TPSA) is 32.3 Å². The number of carbonyl (C=O) groups is 1. The summed E-state index contributed by atoms with van der Waals surface area (Å²) in [5.41, 5.74) is 3.66. The SMILES string of the molecule is Cc1ccc(CC(=O)N2CCNCC2C)cc1C. The van der Waals surface area contributed by atoms with E-state index in [1.165, 1.54) is 11.1 Å². The lowest BCUT2D eigenvalue weighted by atomic mass is 10.0. The summed E-state index contributed by atoms with van der Waals surface area (Å²) >= 11 is 0. The highest BCUT2D eigenvalue weighted by atomic mass is 16.2. The fourth-order valence-electron chi connectivity index (χ4n) is 2.40. The predicted octanol–water partition coefficient (Wildman–Crippen LogP) is 1.67. The minimum atomic E-state index is 0.243. The van der Waals surface area contributed by atoms with Gasteiger partial charge in [0.15, 0.2) is 0 Å². The van der Waals surface area contributed by atoms with Gasteiger partial charge in [-0.15, -0.1) is 0 Å². The molecule has 3 nitrogen and oxygen atoms in total. The Balaban J connectivity index is 2.04. The number of benzene rings is 1. The number of nitrogens with one attached hydrogen (secondary N) is 1. The van der Waals surface area contributed by atoms with Crippen LogP contribution in [-0.2, 0) is 11.2 Å². The van der Waals surface area contributed by atoms with Crippen molar-refractivity contribution < 1.29 is 4.79 Å². The number of nitrogens with zero attached hydrogens (tertiary/aromatic N) is 1. The molecule has 0 saturated carbocycles. The Hall–Kier alpha value is -1.35. The first kappa shape index (κ1) is 13.1. The van der Waals surface area contributed by atoms with E-state index in [1.807, 2.05) is 4.90 Å². The monoisotopic (exact) mass is 246 g/mol. The molecule has 1 N–H and O–H groups in total. The highest BCUT2D eigenvalue weighted by Crippen LogP contribution is 2.12. The van der Waals surface area contributed by atoms with Gasteiger partial charge in [0.05, 0.1) is 6.42 Å². The molecule has 0 bridgehead atoms. The second-order valence-corrected chi connectivity index (χ2v) is 5.24. The van der Waals surface area contributed by atoms with Crippen LogP contribution >= 0.6 is 0 Å². The molecule has 1 saturated heterocycles. The van der Waals surface area contributed by atoms with E-state index in [9.17, 15) is 4.79 Å². The fourth-order valence-corrected chi connectivity index (χ4v) is 2.40. The molecule has 0 aliphatic carbocycles. The molecule has 1 aromatic rings. The van der Waals surface area contributed by atoms with E-state index < -0.39 is 0 Å². The minimum Gasteiger partial charge on any atom is -0.337 e. The van der Waals surface area contributed by atoms with Crippen molar-refractivity contribution >= 4 is 5.91 Å². The molecule has 0 spiro atoms. The molecule has 18 heavy (non-hydrogen) atoms. The fraction of sp³-hybridized carbons (Fsp3) is 0.533. The number of hydrogen-bond donors (Lipinski definition) is 1. The molecule has 0 aromatic heterocycles. The van der Waals surface area contributed by atoms with Crippen molar-refractivity contribution in [3.05, 3.63) is 34.9 Å². The summed E-state index contributed by atoms with van der Waals surface area (Å²) in [7, 11) is 0. The quantitative estimate of drug-likeness (QED) is 0.861. The number of piperazine rings is 1. The summed E-state index contributed by atoms with van der Waals surface area (Å²) in [6.45, 7) is 8.92. The number of rotatable bonds is 2. The van der Waals surface area contributed by atoms with Gasteiger partial charge < -0.3 is 10.2 Å². The molecule has 1 aromatic carbocycles. The molecule has 1 heterocycles. The highest BCUT2D eigenvalue weighted by molar-refractivity contribution is 5.79. The van der Waals surface area contributed by atoms with Gasteiger partial charge in [-0.2, -0.15) is 0 Å². The van der Waals surface area contributed by atoms with Crippen LogP contribution in [0.4, 0.5) is 0 Å². The zero-order chi connectivity index (χ0) is 13.1. The predicted molar refractivity (Wildman–Crippen MR) is 73.7 cm³/mol. The van der Waals surface area contributed by atoms with Crippen LogP contribution in [0, 0.1) is 13.8 Å². The van der Waals surface area contributed by atoms with Crippen molar-refractivity contribution in [2.75, 3.05) is 19.6 Å². The van der Waals surface area contributed by atoms with Gasteiger partial charge in [0.25, 0.3) is 0 Å². The van der Waals surface area contributed by atoms with Crippen molar-refractivity contribution in [1.82, 2.24) is 10.2 Å². The third-order valence-electron chi connectivity index (χ3n) is 3.75. The lowest BCUT2D eigenvalue weighted by molar-refractivity contribution is -0.133. The third-order valence-corrected chi connectivity index (χ3v) is 3.75. The van der Waals surface area contributed by atoms with E-state index in [1.54, 1.807) is 0 Å². The summed E-state index contributed by atoms with van der Waals surface area (Å²) in [6.07, 6.45) is 0.519. The van der Waals surface area contributed by atoms with Crippen LogP contribution in [0.15, 0.2) is 18.2 Å². The Morgan fingerprint density at radius 1 is 1.39 bits per heavy atom. The molecule has 3 heteroatoms. The Morgan fingerprint density at radius 3 is 2.83 bits per heavy atom. The second kappa shape index (κ2) is 5.53. The summed E-state index contributed by atoms with van der Waals surface area (Å²) in [5.74, 6) is 0.243. The molecule has 1 fully saturated rings. The van der Waals surface area contributed by atoms with Gasteiger partial charge in [-0.05, 0) is 37.5 Å². The van der Waals surface area contributed by atoms with Crippen molar-refractivity contribution in [1.29, 1.82) is 0 Å². The maximum absolute atomic E-state index is 12.3. The highest BCUT2D eigenvalue weighted by Gasteiger charge is 2.22. The van der Waals surface area contributed by atoms with E-state index in [-0.39, 0.29) is 5.91 Å². The zero-order valence-corrected chi connectivity index (χ0v) is 11.5.